The van der Waals surface area contributed by atoms with E-state index in [-0.39, 0.29) is 17.3 Å². The van der Waals surface area contributed by atoms with Crippen LogP contribution in [0.2, 0.25) is 18.1 Å². The smallest absolute Gasteiger partial charge is 0.255 e. The van der Waals surface area contributed by atoms with Crippen molar-refractivity contribution in [3.63, 3.8) is 0 Å². The molecule has 7 heteroatoms. The SMILES string of the molecule is CCc1c(-c2ccccc2)n(COCCO[Si](C)(C)C(C)(C)C)c(=S)[nH]c1=O. The van der Waals surface area contributed by atoms with Crippen molar-refractivity contribution < 1.29 is 9.16 Å². The van der Waals surface area contributed by atoms with Gasteiger partial charge in [-0.05, 0) is 42.3 Å². The Morgan fingerprint density at radius 2 is 1.79 bits per heavy atom. The van der Waals surface area contributed by atoms with Crippen LogP contribution in [0.4, 0.5) is 0 Å². The number of nitrogens with zero attached hydrogens (tertiary/aromatic N) is 1. The minimum Gasteiger partial charge on any atom is -0.414 e. The summed E-state index contributed by atoms with van der Waals surface area (Å²) in [4.78, 5) is 15.2. The fourth-order valence-corrected chi connectivity index (χ4v) is 3.98. The van der Waals surface area contributed by atoms with E-state index >= 15 is 0 Å². The molecule has 2 aromatic rings. The zero-order valence-corrected chi connectivity index (χ0v) is 19.6. The van der Waals surface area contributed by atoms with Gasteiger partial charge in [0.25, 0.3) is 5.56 Å². The molecule has 0 saturated heterocycles. The lowest BCUT2D eigenvalue weighted by atomic mass is 10.1. The topological polar surface area (TPSA) is 56.2 Å². The molecule has 1 heterocycles. The first kappa shape index (κ1) is 22.7. The lowest BCUT2D eigenvalue weighted by molar-refractivity contribution is 0.0500. The Bertz CT molecular complexity index is 899. The Labute approximate surface area is 173 Å². The molecule has 1 N–H and O–H groups in total. The van der Waals surface area contributed by atoms with Crippen LogP contribution in [0.5, 0.6) is 0 Å². The van der Waals surface area contributed by atoms with E-state index in [1.807, 2.05) is 41.8 Å². The standard InChI is InChI=1S/C21H32N2O3SSi/c1-7-17-18(16-11-9-8-10-12-16)23(20(27)22-19(17)24)15-25-13-14-26-28(5,6)21(2,3)4/h8-12H,7,13-15H2,1-6H3,(H,22,24,27). The van der Waals surface area contributed by atoms with E-state index in [2.05, 4.69) is 38.8 Å². The Morgan fingerprint density at radius 1 is 1.14 bits per heavy atom. The molecule has 0 aliphatic heterocycles. The predicted octanol–water partition coefficient (Wildman–Crippen LogP) is 5.13. The van der Waals surface area contributed by atoms with Crippen LogP contribution in [0, 0.1) is 4.77 Å². The van der Waals surface area contributed by atoms with Gasteiger partial charge in [0.2, 0.25) is 0 Å². The van der Waals surface area contributed by atoms with Gasteiger partial charge < -0.3 is 9.16 Å². The molecule has 1 aromatic heterocycles. The van der Waals surface area contributed by atoms with Crippen LogP contribution in [-0.4, -0.2) is 31.1 Å². The van der Waals surface area contributed by atoms with E-state index < -0.39 is 8.32 Å². The van der Waals surface area contributed by atoms with Gasteiger partial charge in [-0.3, -0.25) is 14.3 Å². The van der Waals surface area contributed by atoms with Crippen LogP contribution in [-0.2, 0) is 22.3 Å². The zero-order valence-electron chi connectivity index (χ0n) is 17.8. The van der Waals surface area contributed by atoms with Crippen molar-refractivity contribution in [3.8, 4) is 11.3 Å². The van der Waals surface area contributed by atoms with Gasteiger partial charge in [-0.25, -0.2) is 0 Å². The first-order valence-electron chi connectivity index (χ1n) is 9.71. The molecule has 0 aliphatic rings. The molecular formula is C21H32N2O3SSi. The molecule has 1 aromatic carbocycles. The Kier molecular flexibility index (Phi) is 7.56. The lowest BCUT2D eigenvalue weighted by Gasteiger charge is -2.36. The molecule has 0 unspecified atom stereocenters. The fourth-order valence-electron chi connectivity index (χ4n) is 2.72. The fraction of sp³-hybridized carbons (Fsp3) is 0.524. The van der Waals surface area contributed by atoms with Crippen LogP contribution < -0.4 is 5.56 Å². The molecule has 0 saturated carbocycles. The summed E-state index contributed by atoms with van der Waals surface area (Å²) >= 11 is 5.42. The molecule has 0 atom stereocenters. The van der Waals surface area contributed by atoms with E-state index in [4.69, 9.17) is 21.4 Å². The summed E-state index contributed by atoms with van der Waals surface area (Å²) < 4.78 is 14.3. The molecule has 0 spiro atoms. The maximum atomic E-state index is 12.4. The largest absolute Gasteiger partial charge is 0.414 e. The summed E-state index contributed by atoms with van der Waals surface area (Å²) in [6.45, 7) is 14.4. The zero-order chi connectivity index (χ0) is 20.9. The summed E-state index contributed by atoms with van der Waals surface area (Å²) in [5.74, 6) is 0. The highest BCUT2D eigenvalue weighted by Crippen LogP contribution is 2.36. The second kappa shape index (κ2) is 9.30. The van der Waals surface area contributed by atoms with Gasteiger partial charge in [-0.1, -0.05) is 58.0 Å². The van der Waals surface area contributed by atoms with Crippen LogP contribution in [0.15, 0.2) is 35.1 Å². The average Bonchev–Trinajstić information content (AvgIpc) is 2.62. The molecule has 0 amide bonds. The Morgan fingerprint density at radius 3 is 2.36 bits per heavy atom. The normalized spacial score (nSPS) is 12.4. The minimum atomic E-state index is -1.79. The van der Waals surface area contributed by atoms with Gasteiger partial charge in [0.1, 0.15) is 6.73 Å². The highest BCUT2D eigenvalue weighted by molar-refractivity contribution is 7.71. The highest BCUT2D eigenvalue weighted by Gasteiger charge is 2.36. The van der Waals surface area contributed by atoms with Crippen molar-refractivity contribution in [2.45, 2.75) is 59.0 Å². The first-order chi connectivity index (χ1) is 13.1. The number of benzene rings is 1. The van der Waals surface area contributed by atoms with E-state index in [1.165, 1.54) is 0 Å². The number of aromatic nitrogens is 2. The summed E-state index contributed by atoms with van der Waals surface area (Å²) in [7, 11) is -1.79. The van der Waals surface area contributed by atoms with Crippen molar-refractivity contribution >= 4 is 20.5 Å². The van der Waals surface area contributed by atoms with Crippen LogP contribution >= 0.6 is 12.2 Å². The van der Waals surface area contributed by atoms with E-state index in [1.54, 1.807) is 0 Å². The van der Waals surface area contributed by atoms with Gasteiger partial charge in [0, 0.05) is 5.56 Å². The summed E-state index contributed by atoms with van der Waals surface area (Å²) in [6, 6.07) is 9.84. The molecule has 2 rings (SSSR count). The van der Waals surface area contributed by atoms with Gasteiger partial charge in [0.05, 0.1) is 18.9 Å². The number of rotatable bonds is 8. The van der Waals surface area contributed by atoms with Crippen molar-refractivity contribution in [3.05, 3.63) is 51.0 Å². The Balaban J connectivity index is 2.18. The molecule has 0 bridgehead atoms. The quantitative estimate of drug-likeness (QED) is 0.365. The molecule has 0 aliphatic carbocycles. The van der Waals surface area contributed by atoms with Crippen LogP contribution in [0.1, 0.15) is 33.3 Å². The van der Waals surface area contributed by atoms with Crippen LogP contribution in [0.3, 0.4) is 0 Å². The van der Waals surface area contributed by atoms with Crippen molar-refractivity contribution in [2.75, 3.05) is 13.2 Å². The number of nitrogens with one attached hydrogen (secondary N) is 1. The lowest BCUT2D eigenvalue weighted by Crippen LogP contribution is -2.41. The number of aromatic amines is 1. The molecule has 154 valence electrons. The van der Waals surface area contributed by atoms with E-state index in [0.29, 0.717) is 30.0 Å². The molecule has 28 heavy (non-hydrogen) atoms. The summed E-state index contributed by atoms with van der Waals surface area (Å²) in [5, 5.41) is 0.172. The number of hydrogen-bond donors (Lipinski definition) is 1. The average molecular weight is 421 g/mol. The predicted molar refractivity (Wildman–Crippen MR) is 120 cm³/mol. The maximum absolute atomic E-state index is 12.4. The second-order valence-corrected chi connectivity index (χ2v) is 13.6. The van der Waals surface area contributed by atoms with Gasteiger partial charge >= 0.3 is 0 Å². The van der Waals surface area contributed by atoms with E-state index in [9.17, 15) is 4.79 Å². The monoisotopic (exact) mass is 420 g/mol. The van der Waals surface area contributed by atoms with Gasteiger partial charge in [-0.2, -0.15) is 0 Å². The number of hydrogen-bond acceptors (Lipinski definition) is 4. The Hall–Kier alpha value is -1.54. The minimum absolute atomic E-state index is 0.135. The van der Waals surface area contributed by atoms with Gasteiger partial charge in [-0.15, -0.1) is 0 Å². The van der Waals surface area contributed by atoms with Crippen molar-refractivity contribution in [1.29, 1.82) is 0 Å². The maximum Gasteiger partial charge on any atom is 0.255 e. The third kappa shape index (κ3) is 5.29. The summed E-state index contributed by atoms with van der Waals surface area (Å²) in [6.07, 6.45) is 0.615. The molecular weight excluding hydrogens is 388 g/mol. The van der Waals surface area contributed by atoms with Gasteiger partial charge in [0.15, 0.2) is 13.1 Å². The van der Waals surface area contributed by atoms with Crippen molar-refractivity contribution in [2.24, 2.45) is 0 Å². The number of H-pyrrole nitrogens is 1. The first-order valence-corrected chi connectivity index (χ1v) is 13.0. The summed E-state index contributed by atoms with van der Waals surface area (Å²) in [5.41, 5.74) is 2.35. The highest BCUT2D eigenvalue weighted by atomic mass is 32.1. The third-order valence-electron chi connectivity index (χ3n) is 5.41. The number of ether oxygens (including phenoxy) is 1. The third-order valence-corrected chi connectivity index (χ3v) is 10.3. The van der Waals surface area contributed by atoms with Crippen molar-refractivity contribution in [1.82, 2.24) is 9.55 Å². The molecule has 0 radical (unpaired) electrons. The van der Waals surface area contributed by atoms with E-state index in [0.717, 1.165) is 11.3 Å². The van der Waals surface area contributed by atoms with Crippen LogP contribution in [0.25, 0.3) is 11.3 Å². The molecule has 5 nitrogen and oxygen atoms in total. The second-order valence-electron chi connectivity index (χ2n) is 8.38. The molecule has 0 fully saturated rings.